The van der Waals surface area contributed by atoms with E-state index in [-0.39, 0.29) is 0 Å². The second kappa shape index (κ2) is 7.61. The molecule has 3 aromatic carbocycles. The highest BCUT2D eigenvalue weighted by Gasteiger charge is 2.16. The number of methoxy groups -OCH3 is 2. The van der Waals surface area contributed by atoms with Gasteiger partial charge in [0, 0.05) is 16.7 Å². The Morgan fingerprint density at radius 2 is 1.29 bits per heavy atom. The van der Waals surface area contributed by atoms with Crippen LogP contribution in [0, 0.1) is 6.92 Å². The van der Waals surface area contributed by atoms with Crippen LogP contribution in [0.15, 0.2) is 72.8 Å². The van der Waals surface area contributed by atoms with Crippen LogP contribution < -0.4 is 9.47 Å². The lowest BCUT2D eigenvalue weighted by Gasteiger charge is -2.06. The summed E-state index contributed by atoms with van der Waals surface area (Å²) in [5, 5.41) is 0. The minimum absolute atomic E-state index is 0.824. The van der Waals surface area contributed by atoms with Gasteiger partial charge in [-0.15, -0.1) is 0 Å². The molecule has 0 fully saturated rings. The molecule has 0 unspecified atom stereocenters. The Labute approximate surface area is 164 Å². The molecule has 0 aliphatic rings. The molecule has 0 spiro atoms. The number of nitrogens with zero attached hydrogens (tertiary/aromatic N) is 1. The smallest absolute Gasteiger partial charge is 0.138 e. The monoisotopic (exact) mass is 370 g/mol. The Morgan fingerprint density at radius 1 is 0.714 bits per heavy atom. The molecular formula is C24H22N2O2. The molecule has 0 saturated heterocycles. The average Bonchev–Trinajstić information content (AvgIpc) is 3.19. The summed E-state index contributed by atoms with van der Waals surface area (Å²) in [5.74, 6) is 2.51. The second-order valence-electron chi connectivity index (χ2n) is 6.58. The standard InChI is InChI=1S/C24H22N2O2/c1-16-6-4-5-7-21(16)24-25-22(17-8-12-19(27-2)13-9-17)23(26-24)18-10-14-20(28-3)15-11-18/h4-15H,1-3H3,(H,25,26). The van der Waals surface area contributed by atoms with Gasteiger partial charge in [-0.3, -0.25) is 0 Å². The number of aromatic nitrogens is 2. The molecule has 0 aliphatic heterocycles. The molecule has 4 rings (SSSR count). The van der Waals surface area contributed by atoms with Gasteiger partial charge in [0.15, 0.2) is 0 Å². The van der Waals surface area contributed by atoms with E-state index in [4.69, 9.17) is 14.5 Å². The Balaban J connectivity index is 1.87. The van der Waals surface area contributed by atoms with E-state index in [0.29, 0.717) is 0 Å². The number of ether oxygens (including phenoxy) is 2. The molecule has 4 heteroatoms. The number of rotatable bonds is 5. The molecule has 0 atom stereocenters. The third-order valence-corrected chi connectivity index (χ3v) is 4.85. The molecule has 0 bridgehead atoms. The number of hydrogen-bond acceptors (Lipinski definition) is 3. The maximum Gasteiger partial charge on any atom is 0.138 e. The molecule has 0 saturated carbocycles. The zero-order valence-corrected chi connectivity index (χ0v) is 16.2. The molecule has 0 amide bonds. The van der Waals surface area contributed by atoms with Crippen LogP contribution in [-0.4, -0.2) is 24.2 Å². The van der Waals surface area contributed by atoms with E-state index in [9.17, 15) is 0 Å². The first kappa shape index (κ1) is 17.9. The molecule has 0 aliphatic carbocycles. The highest BCUT2D eigenvalue weighted by molar-refractivity contribution is 5.82. The molecule has 1 N–H and O–H groups in total. The maximum atomic E-state index is 5.30. The minimum atomic E-state index is 0.824. The van der Waals surface area contributed by atoms with Crippen LogP contribution in [0.1, 0.15) is 5.56 Å². The molecule has 4 aromatic rings. The van der Waals surface area contributed by atoms with Gasteiger partial charge in [0.1, 0.15) is 17.3 Å². The van der Waals surface area contributed by atoms with Gasteiger partial charge in [-0.2, -0.15) is 0 Å². The van der Waals surface area contributed by atoms with Crippen molar-refractivity contribution in [3.8, 4) is 45.4 Å². The number of H-pyrrole nitrogens is 1. The van der Waals surface area contributed by atoms with Crippen molar-refractivity contribution in [2.24, 2.45) is 0 Å². The zero-order valence-electron chi connectivity index (χ0n) is 16.2. The van der Waals surface area contributed by atoms with Crippen LogP contribution in [0.5, 0.6) is 11.5 Å². The van der Waals surface area contributed by atoms with Crippen LogP contribution in [0.25, 0.3) is 33.9 Å². The average molecular weight is 370 g/mol. The van der Waals surface area contributed by atoms with E-state index in [1.54, 1.807) is 14.2 Å². The van der Waals surface area contributed by atoms with Crippen molar-refractivity contribution in [2.45, 2.75) is 6.92 Å². The van der Waals surface area contributed by atoms with Gasteiger partial charge in [-0.05, 0) is 61.0 Å². The summed E-state index contributed by atoms with van der Waals surface area (Å²) in [6.07, 6.45) is 0. The fourth-order valence-corrected chi connectivity index (χ4v) is 3.26. The minimum Gasteiger partial charge on any atom is -0.497 e. The molecule has 4 nitrogen and oxygen atoms in total. The fraction of sp³-hybridized carbons (Fsp3) is 0.125. The molecule has 1 aromatic heterocycles. The summed E-state index contributed by atoms with van der Waals surface area (Å²) >= 11 is 0. The lowest BCUT2D eigenvalue weighted by Crippen LogP contribution is -1.87. The molecule has 28 heavy (non-hydrogen) atoms. The topological polar surface area (TPSA) is 47.1 Å². The third kappa shape index (κ3) is 3.37. The van der Waals surface area contributed by atoms with Crippen molar-refractivity contribution in [1.29, 1.82) is 0 Å². The zero-order chi connectivity index (χ0) is 19.5. The van der Waals surface area contributed by atoms with E-state index in [1.807, 2.05) is 60.7 Å². The van der Waals surface area contributed by atoms with Crippen molar-refractivity contribution in [2.75, 3.05) is 14.2 Å². The molecule has 140 valence electrons. The van der Waals surface area contributed by atoms with Crippen molar-refractivity contribution < 1.29 is 9.47 Å². The van der Waals surface area contributed by atoms with E-state index >= 15 is 0 Å². The van der Waals surface area contributed by atoms with E-state index in [1.165, 1.54) is 5.56 Å². The summed E-state index contributed by atoms with van der Waals surface area (Å²) in [6, 6.07) is 24.2. The van der Waals surface area contributed by atoms with Crippen LogP contribution >= 0.6 is 0 Å². The molecule has 0 radical (unpaired) electrons. The fourth-order valence-electron chi connectivity index (χ4n) is 3.26. The first-order valence-electron chi connectivity index (χ1n) is 9.14. The quantitative estimate of drug-likeness (QED) is 0.487. The highest BCUT2D eigenvalue weighted by Crippen LogP contribution is 2.35. The Kier molecular flexibility index (Phi) is 4.85. The van der Waals surface area contributed by atoms with Crippen molar-refractivity contribution in [3.05, 3.63) is 78.4 Å². The number of aromatic amines is 1. The maximum absolute atomic E-state index is 5.30. The van der Waals surface area contributed by atoms with Crippen molar-refractivity contribution in [3.63, 3.8) is 0 Å². The third-order valence-electron chi connectivity index (χ3n) is 4.85. The van der Waals surface area contributed by atoms with E-state index in [2.05, 4.69) is 24.0 Å². The van der Waals surface area contributed by atoms with Gasteiger partial charge in [0.25, 0.3) is 0 Å². The van der Waals surface area contributed by atoms with Crippen molar-refractivity contribution in [1.82, 2.24) is 9.97 Å². The number of nitrogens with one attached hydrogen (secondary N) is 1. The lowest BCUT2D eigenvalue weighted by atomic mass is 10.0. The summed E-state index contributed by atoms with van der Waals surface area (Å²) in [5.41, 5.74) is 6.25. The predicted octanol–water partition coefficient (Wildman–Crippen LogP) is 5.74. The molecule has 1 heterocycles. The summed E-state index contributed by atoms with van der Waals surface area (Å²) in [6.45, 7) is 2.10. The molecular weight excluding hydrogens is 348 g/mol. The van der Waals surface area contributed by atoms with Crippen LogP contribution in [-0.2, 0) is 0 Å². The first-order chi connectivity index (χ1) is 13.7. The number of aryl methyl sites for hydroxylation is 1. The van der Waals surface area contributed by atoms with Gasteiger partial charge in [-0.1, -0.05) is 24.3 Å². The van der Waals surface area contributed by atoms with Gasteiger partial charge in [0.05, 0.1) is 25.6 Å². The van der Waals surface area contributed by atoms with Crippen LogP contribution in [0.4, 0.5) is 0 Å². The number of imidazole rings is 1. The van der Waals surface area contributed by atoms with Gasteiger partial charge in [0.2, 0.25) is 0 Å². The van der Waals surface area contributed by atoms with Gasteiger partial charge >= 0.3 is 0 Å². The number of benzene rings is 3. The SMILES string of the molecule is COc1ccc(-c2nc(-c3ccccc3C)[nH]c2-c2ccc(OC)cc2)cc1. The van der Waals surface area contributed by atoms with Gasteiger partial charge < -0.3 is 14.5 Å². The lowest BCUT2D eigenvalue weighted by molar-refractivity contribution is 0.414. The van der Waals surface area contributed by atoms with E-state index < -0.39 is 0 Å². The van der Waals surface area contributed by atoms with Gasteiger partial charge in [-0.25, -0.2) is 4.98 Å². The van der Waals surface area contributed by atoms with Crippen LogP contribution in [0.3, 0.4) is 0 Å². The Bertz CT molecular complexity index is 1020. The van der Waals surface area contributed by atoms with E-state index in [0.717, 1.165) is 45.4 Å². The summed E-state index contributed by atoms with van der Waals surface area (Å²) < 4.78 is 10.6. The highest BCUT2D eigenvalue weighted by atomic mass is 16.5. The van der Waals surface area contributed by atoms with Crippen LogP contribution in [0.2, 0.25) is 0 Å². The first-order valence-corrected chi connectivity index (χ1v) is 9.14. The Hall–Kier alpha value is -3.53. The largest absolute Gasteiger partial charge is 0.497 e. The Morgan fingerprint density at radius 3 is 1.86 bits per heavy atom. The van der Waals surface area contributed by atoms with Crippen molar-refractivity contribution >= 4 is 0 Å². The second-order valence-corrected chi connectivity index (χ2v) is 6.58. The summed E-state index contributed by atoms with van der Waals surface area (Å²) in [7, 11) is 3.34. The number of hydrogen-bond donors (Lipinski definition) is 1. The predicted molar refractivity (Wildman–Crippen MR) is 113 cm³/mol. The summed E-state index contributed by atoms with van der Waals surface area (Å²) in [4.78, 5) is 8.49. The normalized spacial score (nSPS) is 10.7.